The average Bonchev–Trinajstić information content (AvgIpc) is 2.60. The Morgan fingerprint density at radius 3 is 2.23 bits per heavy atom. The highest BCUT2D eigenvalue weighted by molar-refractivity contribution is 7.92. The van der Waals surface area contributed by atoms with E-state index in [1.165, 1.54) is 0 Å². The molecule has 0 saturated carbocycles. The van der Waals surface area contributed by atoms with Crippen molar-refractivity contribution in [3.05, 3.63) is 35.9 Å². The van der Waals surface area contributed by atoms with Crippen molar-refractivity contribution in [2.45, 2.75) is 57.4 Å². The van der Waals surface area contributed by atoms with Crippen molar-refractivity contribution in [1.82, 2.24) is 5.32 Å². The molecule has 1 aromatic carbocycles. The van der Waals surface area contributed by atoms with Crippen LogP contribution in [0.4, 0.5) is 4.79 Å². The Labute approximate surface area is 155 Å². The number of esters is 1. The first-order chi connectivity index (χ1) is 12.3. The fourth-order valence-corrected chi connectivity index (χ4v) is 4.67. The standard InChI is InChI=1S/C18H28N2O5S/c1-3-8-15(9-4-2)26(23,24)13-16(19)17(21)25-18(22)20-12-14-10-6-5-7-11-14/h5-7,10-11,15-16H,3-4,8-9,12-13,19H2,1-2H3,(H,20,22)/t16-/m0/s1. The first-order valence-electron chi connectivity index (χ1n) is 8.80. The van der Waals surface area contributed by atoms with Crippen LogP contribution in [0.15, 0.2) is 30.3 Å². The van der Waals surface area contributed by atoms with Crippen LogP contribution in [0, 0.1) is 0 Å². The van der Waals surface area contributed by atoms with Gasteiger partial charge in [0.1, 0.15) is 6.04 Å². The summed E-state index contributed by atoms with van der Waals surface area (Å²) in [5.41, 5.74) is 6.49. The van der Waals surface area contributed by atoms with Gasteiger partial charge in [-0.2, -0.15) is 0 Å². The summed E-state index contributed by atoms with van der Waals surface area (Å²) in [6.45, 7) is 4.00. The summed E-state index contributed by atoms with van der Waals surface area (Å²) >= 11 is 0. The van der Waals surface area contributed by atoms with E-state index in [4.69, 9.17) is 5.73 Å². The molecule has 1 amide bonds. The van der Waals surface area contributed by atoms with Crippen LogP contribution in [0.2, 0.25) is 0 Å². The van der Waals surface area contributed by atoms with Crippen LogP contribution in [-0.4, -0.2) is 37.5 Å². The van der Waals surface area contributed by atoms with Gasteiger partial charge in [0.05, 0.1) is 11.0 Å². The Morgan fingerprint density at radius 1 is 1.12 bits per heavy atom. The third kappa shape index (κ3) is 7.53. The van der Waals surface area contributed by atoms with Crippen LogP contribution in [0.25, 0.3) is 0 Å². The number of hydrogen-bond donors (Lipinski definition) is 2. The SMILES string of the molecule is CCCC(CCC)S(=O)(=O)C[C@H](N)C(=O)OC(=O)NCc1ccccc1. The average molecular weight is 384 g/mol. The van der Waals surface area contributed by atoms with Gasteiger partial charge in [-0.15, -0.1) is 0 Å². The second-order valence-corrected chi connectivity index (χ2v) is 8.51. The molecule has 26 heavy (non-hydrogen) atoms. The number of nitrogens with two attached hydrogens (primary N) is 1. The van der Waals surface area contributed by atoms with Crippen molar-refractivity contribution in [2.24, 2.45) is 5.73 Å². The number of amides is 1. The predicted molar refractivity (Wildman–Crippen MR) is 100 cm³/mol. The lowest BCUT2D eigenvalue weighted by atomic mass is 10.2. The molecule has 7 nitrogen and oxygen atoms in total. The molecule has 0 aliphatic rings. The van der Waals surface area contributed by atoms with Crippen LogP contribution in [0.3, 0.4) is 0 Å². The summed E-state index contributed by atoms with van der Waals surface area (Å²) in [7, 11) is -3.54. The predicted octanol–water partition coefficient (Wildman–Crippen LogP) is 2.15. The van der Waals surface area contributed by atoms with Crippen molar-refractivity contribution in [3.63, 3.8) is 0 Å². The van der Waals surface area contributed by atoms with E-state index in [9.17, 15) is 18.0 Å². The van der Waals surface area contributed by atoms with Crippen molar-refractivity contribution >= 4 is 21.9 Å². The molecule has 1 atom stereocenters. The number of ether oxygens (including phenoxy) is 1. The molecular weight excluding hydrogens is 356 g/mol. The Bertz CT molecular complexity index is 670. The Hall–Kier alpha value is -1.93. The fourth-order valence-electron chi connectivity index (χ4n) is 2.58. The van der Waals surface area contributed by atoms with Crippen LogP contribution >= 0.6 is 0 Å². The molecule has 0 heterocycles. The summed E-state index contributed by atoms with van der Waals surface area (Å²) in [6, 6.07) is 7.70. The molecule has 0 aliphatic heterocycles. The van der Waals surface area contributed by atoms with E-state index in [2.05, 4.69) is 10.1 Å². The van der Waals surface area contributed by atoms with Crippen LogP contribution < -0.4 is 11.1 Å². The smallest absolute Gasteiger partial charge is 0.375 e. The van der Waals surface area contributed by atoms with Crippen LogP contribution in [0.1, 0.15) is 45.1 Å². The first kappa shape index (κ1) is 22.1. The minimum atomic E-state index is -3.54. The summed E-state index contributed by atoms with van der Waals surface area (Å²) in [6.07, 6.45) is 1.55. The van der Waals surface area contributed by atoms with E-state index >= 15 is 0 Å². The summed E-state index contributed by atoms with van der Waals surface area (Å²) < 4.78 is 29.5. The third-order valence-electron chi connectivity index (χ3n) is 3.92. The number of hydrogen-bond acceptors (Lipinski definition) is 6. The Kier molecular flexibility index (Phi) is 9.29. The molecule has 1 rings (SSSR count). The Balaban J connectivity index is 2.53. The Morgan fingerprint density at radius 2 is 1.69 bits per heavy atom. The third-order valence-corrected chi connectivity index (χ3v) is 6.23. The zero-order valence-corrected chi connectivity index (χ0v) is 16.1. The van der Waals surface area contributed by atoms with Crippen molar-refractivity contribution in [2.75, 3.05) is 5.75 Å². The van der Waals surface area contributed by atoms with Gasteiger partial charge in [0.15, 0.2) is 9.84 Å². The van der Waals surface area contributed by atoms with Gasteiger partial charge >= 0.3 is 12.1 Å². The maximum absolute atomic E-state index is 12.4. The van der Waals surface area contributed by atoms with E-state index in [0.717, 1.165) is 18.4 Å². The molecule has 0 fully saturated rings. The van der Waals surface area contributed by atoms with Gasteiger partial charge in [-0.25, -0.2) is 18.0 Å². The lowest BCUT2D eigenvalue weighted by molar-refractivity contribution is -0.138. The van der Waals surface area contributed by atoms with E-state index in [-0.39, 0.29) is 6.54 Å². The lowest BCUT2D eigenvalue weighted by Crippen LogP contribution is -2.43. The maximum atomic E-state index is 12.4. The number of carbonyl (C=O) groups is 2. The molecule has 0 radical (unpaired) electrons. The van der Waals surface area contributed by atoms with E-state index in [1.54, 1.807) is 0 Å². The molecule has 0 unspecified atom stereocenters. The molecule has 0 saturated heterocycles. The second kappa shape index (κ2) is 10.9. The van der Waals surface area contributed by atoms with Crippen LogP contribution in [0.5, 0.6) is 0 Å². The number of nitrogens with one attached hydrogen (secondary N) is 1. The summed E-state index contributed by atoms with van der Waals surface area (Å²) in [5.74, 6) is -1.58. The number of rotatable bonds is 10. The van der Waals surface area contributed by atoms with Gasteiger partial charge in [0.25, 0.3) is 0 Å². The lowest BCUT2D eigenvalue weighted by Gasteiger charge is -2.18. The molecule has 0 bridgehead atoms. The number of alkyl carbamates (subject to hydrolysis) is 1. The largest absolute Gasteiger partial charge is 0.415 e. The summed E-state index contributed by atoms with van der Waals surface area (Å²) in [5, 5.41) is 1.90. The molecule has 3 N–H and O–H groups in total. The second-order valence-electron chi connectivity index (χ2n) is 6.18. The molecular formula is C18H28N2O5S. The van der Waals surface area contributed by atoms with Gasteiger partial charge in [0, 0.05) is 6.54 Å². The van der Waals surface area contributed by atoms with Crippen LogP contribution in [-0.2, 0) is 25.9 Å². The molecule has 1 aromatic rings. The number of benzene rings is 1. The monoisotopic (exact) mass is 384 g/mol. The zero-order chi connectivity index (χ0) is 19.6. The molecule has 0 aromatic heterocycles. The minimum absolute atomic E-state index is 0.190. The van der Waals surface area contributed by atoms with Gasteiger partial charge in [0.2, 0.25) is 0 Å². The minimum Gasteiger partial charge on any atom is -0.375 e. The van der Waals surface area contributed by atoms with Gasteiger partial charge in [-0.3, -0.25) is 0 Å². The van der Waals surface area contributed by atoms with Gasteiger partial charge < -0.3 is 15.8 Å². The molecule has 8 heteroatoms. The highest BCUT2D eigenvalue weighted by atomic mass is 32.2. The van der Waals surface area contributed by atoms with Crippen molar-refractivity contribution in [3.8, 4) is 0 Å². The normalized spacial score (nSPS) is 12.6. The topological polar surface area (TPSA) is 116 Å². The van der Waals surface area contributed by atoms with Gasteiger partial charge in [-0.1, -0.05) is 57.0 Å². The highest BCUT2D eigenvalue weighted by Crippen LogP contribution is 2.16. The van der Waals surface area contributed by atoms with Crippen molar-refractivity contribution < 1.29 is 22.7 Å². The first-order valence-corrected chi connectivity index (χ1v) is 10.5. The highest BCUT2D eigenvalue weighted by Gasteiger charge is 2.30. The fraction of sp³-hybridized carbons (Fsp3) is 0.556. The van der Waals surface area contributed by atoms with E-state index in [1.807, 2.05) is 44.2 Å². The van der Waals surface area contributed by atoms with E-state index < -0.39 is 38.9 Å². The number of sulfone groups is 1. The zero-order valence-electron chi connectivity index (χ0n) is 15.3. The van der Waals surface area contributed by atoms with Gasteiger partial charge in [-0.05, 0) is 18.4 Å². The van der Waals surface area contributed by atoms with Crippen molar-refractivity contribution in [1.29, 1.82) is 0 Å². The van der Waals surface area contributed by atoms with E-state index in [0.29, 0.717) is 12.8 Å². The molecule has 146 valence electrons. The quantitative estimate of drug-likeness (QED) is 0.472. The summed E-state index contributed by atoms with van der Waals surface area (Å²) in [4.78, 5) is 23.6. The maximum Gasteiger partial charge on any atom is 0.415 e. The number of carbonyl (C=O) groups excluding carboxylic acids is 2. The molecule has 0 aliphatic carbocycles. The molecule has 0 spiro atoms.